The number of phenols is 1. The monoisotopic (exact) mass is 212 g/mol. The third-order valence-corrected chi connectivity index (χ3v) is 2.70. The second-order valence-electron chi connectivity index (χ2n) is 2.86. The van der Waals surface area contributed by atoms with Crippen molar-refractivity contribution in [3.63, 3.8) is 0 Å². The predicted octanol–water partition coefficient (Wildman–Crippen LogP) is 1.09. The lowest BCUT2D eigenvalue weighted by molar-refractivity contribution is 0.297. The summed E-state index contributed by atoms with van der Waals surface area (Å²) in [4.78, 5) is 10.5. The molecule has 1 aromatic carbocycles. The number of benzene rings is 1. The molecule has 0 aliphatic heterocycles. The van der Waals surface area contributed by atoms with Crippen LogP contribution in [0.25, 0.3) is 10.3 Å². The van der Waals surface area contributed by atoms with E-state index in [-0.39, 0.29) is 17.3 Å². The van der Waals surface area contributed by atoms with E-state index in [4.69, 9.17) is 9.52 Å². The van der Waals surface area contributed by atoms with E-state index in [0.717, 1.165) is 11.3 Å². The van der Waals surface area contributed by atoms with Crippen LogP contribution < -0.4 is 4.94 Å². The molecule has 2 N–H and O–H groups in total. The van der Waals surface area contributed by atoms with Crippen molar-refractivity contribution in [1.29, 1.82) is 0 Å². The lowest BCUT2D eigenvalue weighted by atomic mass is 10.1. The van der Waals surface area contributed by atoms with Crippen LogP contribution in [-0.2, 0) is 6.42 Å². The lowest BCUT2D eigenvalue weighted by Gasteiger charge is -2.00. The van der Waals surface area contributed by atoms with Crippen molar-refractivity contribution in [2.75, 3.05) is 6.61 Å². The molecule has 14 heavy (non-hydrogen) atoms. The van der Waals surface area contributed by atoms with Gasteiger partial charge < -0.3 is 14.6 Å². The second-order valence-corrected chi connectivity index (χ2v) is 3.83. The van der Waals surface area contributed by atoms with Gasteiger partial charge in [-0.1, -0.05) is 11.3 Å². The minimum Gasteiger partial charge on any atom is -0.508 e. The summed E-state index contributed by atoms with van der Waals surface area (Å²) in [7, 11) is 0. The number of hydrogen-bond acceptors (Lipinski definition) is 5. The van der Waals surface area contributed by atoms with E-state index in [0.29, 0.717) is 22.3 Å². The van der Waals surface area contributed by atoms with Crippen molar-refractivity contribution in [1.82, 2.24) is 0 Å². The number of hydrogen-bond donors (Lipinski definition) is 2. The SMILES string of the molecule is O=c1oc2cc(CCO)c(O)cc2s1. The molecule has 0 bridgehead atoms. The van der Waals surface area contributed by atoms with Crippen LogP contribution >= 0.6 is 11.3 Å². The molecule has 2 aromatic rings. The average molecular weight is 212 g/mol. The summed E-state index contributed by atoms with van der Waals surface area (Å²) < 4.78 is 5.50. The van der Waals surface area contributed by atoms with Crippen LogP contribution in [0.2, 0.25) is 0 Å². The maximum absolute atomic E-state index is 10.9. The molecule has 0 fully saturated rings. The molecule has 2 rings (SSSR count). The first-order chi connectivity index (χ1) is 6.70. The van der Waals surface area contributed by atoms with E-state index in [1.807, 2.05) is 0 Å². The summed E-state index contributed by atoms with van der Waals surface area (Å²) in [5, 5.41) is 18.2. The van der Waals surface area contributed by atoms with E-state index in [1.165, 1.54) is 6.07 Å². The van der Waals surface area contributed by atoms with E-state index in [2.05, 4.69) is 0 Å². The molecular formula is C9H8O4S. The Kier molecular flexibility index (Phi) is 2.26. The number of phenolic OH excluding ortho intramolecular Hbond substituents is 1. The molecule has 0 spiro atoms. The van der Waals surface area contributed by atoms with Crippen LogP contribution in [-0.4, -0.2) is 16.8 Å². The van der Waals surface area contributed by atoms with Gasteiger partial charge in [0.1, 0.15) is 11.3 Å². The predicted molar refractivity (Wildman–Crippen MR) is 52.8 cm³/mol. The Morgan fingerprint density at radius 1 is 1.43 bits per heavy atom. The summed E-state index contributed by atoms with van der Waals surface area (Å²) >= 11 is 0.948. The maximum Gasteiger partial charge on any atom is 0.396 e. The molecule has 1 aromatic heterocycles. The molecule has 0 aliphatic carbocycles. The Balaban J connectivity index is 2.63. The van der Waals surface area contributed by atoms with Gasteiger partial charge >= 0.3 is 4.94 Å². The van der Waals surface area contributed by atoms with Crippen molar-refractivity contribution < 1.29 is 14.6 Å². The van der Waals surface area contributed by atoms with Crippen LogP contribution in [0.4, 0.5) is 0 Å². The third-order valence-electron chi connectivity index (χ3n) is 1.91. The highest BCUT2D eigenvalue weighted by molar-refractivity contribution is 7.16. The van der Waals surface area contributed by atoms with Crippen molar-refractivity contribution >= 4 is 21.6 Å². The van der Waals surface area contributed by atoms with E-state index >= 15 is 0 Å². The van der Waals surface area contributed by atoms with Crippen molar-refractivity contribution in [3.05, 3.63) is 27.4 Å². The number of aliphatic hydroxyl groups excluding tert-OH is 1. The topological polar surface area (TPSA) is 70.7 Å². The number of aromatic hydroxyl groups is 1. The fraction of sp³-hybridized carbons (Fsp3) is 0.222. The summed E-state index contributed by atoms with van der Waals surface area (Å²) in [6, 6.07) is 3.06. The van der Waals surface area contributed by atoms with Gasteiger partial charge in [0.05, 0.1) is 4.70 Å². The fourth-order valence-electron chi connectivity index (χ4n) is 1.27. The molecule has 0 radical (unpaired) electrons. The molecular weight excluding hydrogens is 204 g/mol. The van der Waals surface area contributed by atoms with Gasteiger partial charge in [0.15, 0.2) is 0 Å². The largest absolute Gasteiger partial charge is 0.508 e. The first-order valence-electron chi connectivity index (χ1n) is 4.07. The van der Waals surface area contributed by atoms with Gasteiger partial charge in [-0.15, -0.1) is 0 Å². The smallest absolute Gasteiger partial charge is 0.396 e. The Hall–Kier alpha value is -1.33. The average Bonchev–Trinajstić information content (AvgIpc) is 2.45. The molecule has 0 aliphatic rings. The minimum atomic E-state index is -0.388. The number of fused-ring (bicyclic) bond motifs is 1. The molecule has 0 atom stereocenters. The normalized spacial score (nSPS) is 10.9. The summed E-state index contributed by atoms with van der Waals surface area (Å²) in [6.07, 6.45) is 0.349. The van der Waals surface area contributed by atoms with E-state index in [9.17, 15) is 9.90 Å². The molecule has 0 amide bonds. The first kappa shape index (κ1) is 9.23. The highest BCUT2D eigenvalue weighted by atomic mass is 32.1. The van der Waals surface area contributed by atoms with Crippen molar-refractivity contribution in [3.8, 4) is 5.75 Å². The van der Waals surface area contributed by atoms with Crippen LogP contribution in [0.1, 0.15) is 5.56 Å². The fourth-order valence-corrected chi connectivity index (χ4v) is 1.95. The summed E-state index contributed by atoms with van der Waals surface area (Å²) in [6.45, 7) is -0.0482. The van der Waals surface area contributed by atoms with Gasteiger partial charge in [0.25, 0.3) is 0 Å². The second kappa shape index (κ2) is 3.43. The summed E-state index contributed by atoms with van der Waals surface area (Å²) in [5.74, 6) is 0.0867. The highest BCUT2D eigenvalue weighted by Gasteiger charge is 2.07. The maximum atomic E-state index is 10.9. The molecule has 0 saturated heterocycles. The summed E-state index contributed by atoms with van der Waals surface area (Å²) in [5.41, 5.74) is 1.04. The van der Waals surface area contributed by atoms with Crippen molar-refractivity contribution in [2.24, 2.45) is 0 Å². The van der Waals surface area contributed by atoms with Gasteiger partial charge in [0, 0.05) is 12.7 Å². The number of rotatable bonds is 2. The van der Waals surface area contributed by atoms with Crippen molar-refractivity contribution in [2.45, 2.75) is 6.42 Å². The van der Waals surface area contributed by atoms with Gasteiger partial charge in [-0.05, 0) is 18.1 Å². The van der Waals surface area contributed by atoms with Crippen LogP contribution in [0.3, 0.4) is 0 Å². The quantitative estimate of drug-likeness (QED) is 0.781. The molecule has 0 saturated carbocycles. The van der Waals surface area contributed by atoms with Gasteiger partial charge in [0.2, 0.25) is 0 Å². The first-order valence-corrected chi connectivity index (χ1v) is 4.89. The zero-order chi connectivity index (χ0) is 10.1. The lowest BCUT2D eigenvalue weighted by Crippen LogP contribution is -1.90. The molecule has 74 valence electrons. The number of aliphatic hydroxyl groups is 1. The third kappa shape index (κ3) is 1.51. The van der Waals surface area contributed by atoms with Crippen LogP contribution in [0.15, 0.2) is 21.3 Å². The zero-order valence-electron chi connectivity index (χ0n) is 7.19. The Morgan fingerprint density at radius 3 is 2.93 bits per heavy atom. The van der Waals surface area contributed by atoms with E-state index < -0.39 is 0 Å². The zero-order valence-corrected chi connectivity index (χ0v) is 8.00. The Bertz CT molecular complexity index is 511. The molecule has 1 heterocycles. The van der Waals surface area contributed by atoms with Gasteiger partial charge in [-0.25, -0.2) is 4.79 Å². The molecule has 4 nitrogen and oxygen atoms in total. The minimum absolute atomic E-state index is 0.0482. The van der Waals surface area contributed by atoms with Gasteiger partial charge in [-0.2, -0.15) is 0 Å². The molecule has 5 heteroatoms. The highest BCUT2D eigenvalue weighted by Crippen LogP contribution is 2.26. The van der Waals surface area contributed by atoms with Gasteiger partial charge in [-0.3, -0.25) is 0 Å². The Morgan fingerprint density at radius 2 is 2.21 bits per heavy atom. The molecule has 0 unspecified atom stereocenters. The van der Waals surface area contributed by atoms with Crippen LogP contribution in [0.5, 0.6) is 5.75 Å². The Labute approximate surface area is 83.0 Å². The van der Waals surface area contributed by atoms with E-state index in [1.54, 1.807) is 6.07 Å². The van der Waals surface area contributed by atoms with Crippen LogP contribution in [0, 0.1) is 0 Å². The standard InChI is InChI=1S/C9H8O4S/c10-2-1-5-3-7-8(4-6(5)11)14-9(12)13-7/h3-4,10-11H,1-2H2.